The van der Waals surface area contributed by atoms with Crippen molar-refractivity contribution >= 4 is 30.7 Å². The van der Waals surface area contributed by atoms with Crippen molar-refractivity contribution in [2.24, 2.45) is 5.73 Å². The van der Waals surface area contributed by atoms with Crippen molar-refractivity contribution in [2.75, 3.05) is 26.2 Å². The van der Waals surface area contributed by atoms with Crippen molar-refractivity contribution in [1.29, 1.82) is 0 Å². The molecule has 27 heavy (non-hydrogen) atoms. The Morgan fingerprint density at radius 2 is 1.74 bits per heavy atom. The lowest BCUT2D eigenvalue weighted by Gasteiger charge is -2.35. The average Bonchev–Trinajstić information content (AvgIpc) is 3.10. The van der Waals surface area contributed by atoms with Gasteiger partial charge in [0.05, 0.1) is 6.54 Å². The lowest BCUT2D eigenvalue weighted by molar-refractivity contribution is -0.134. The summed E-state index contributed by atoms with van der Waals surface area (Å²) in [5.41, 5.74) is 6.85. The minimum Gasteiger partial charge on any atom is -0.338 e. The normalized spacial score (nSPS) is 15.8. The molecule has 10 heteroatoms. The topological polar surface area (TPSA) is 67.4 Å². The molecule has 150 valence electrons. The van der Waals surface area contributed by atoms with E-state index in [1.165, 1.54) is 12.4 Å². The minimum absolute atomic E-state index is 0. The first kappa shape index (κ1) is 23.3. The molecule has 2 heterocycles. The third-order valence-electron chi connectivity index (χ3n) is 4.43. The van der Waals surface area contributed by atoms with E-state index in [1.807, 2.05) is 35.2 Å². The molecule has 1 atom stereocenters. The third kappa shape index (κ3) is 5.62. The Kier molecular flexibility index (Phi) is 9.11. The summed E-state index contributed by atoms with van der Waals surface area (Å²) in [6.45, 7) is -0.00965. The molecule has 1 fully saturated rings. The van der Waals surface area contributed by atoms with Crippen molar-refractivity contribution in [3.05, 3.63) is 54.1 Å². The Hall–Kier alpha value is -1.74. The molecular weight excluding hydrogens is 399 g/mol. The van der Waals surface area contributed by atoms with Crippen LogP contribution in [-0.4, -0.2) is 51.4 Å². The summed E-state index contributed by atoms with van der Waals surface area (Å²) < 4.78 is 26.6. The molecule has 0 radical (unpaired) electrons. The number of carbonyl (C=O) groups is 1. The highest BCUT2D eigenvalue weighted by Gasteiger charge is 2.26. The summed E-state index contributed by atoms with van der Waals surface area (Å²) >= 11 is 0. The van der Waals surface area contributed by atoms with Gasteiger partial charge in [0, 0.05) is 38.6 Å². The van der Waals surface area contributed by atoms with E-state index in [4.69, 9.17) is 5.73 Å². The molecule has 2 aromatic rings. The fourth-order valence-corrected chi connectivity index (χ4v) is 2.97. The van der Waals surface area contributed by atoms with Crippen molar-refractivity contribution in [2.45, 2.75) is 19.1 Å². The van der Waals surface area contributed by atoms with Gasteiger partial charge in [-0.15, -0.1) is 24.8 Å². The van der Waals surface area contributed by atoms with Gasteiger partial charge in [-0.2, -0.15) is 8.78 Å². The minimum atomic E-state index is -2.59. The number of hydrogen-bond acceptors (Lipinski definition) is 4. The van der Waals surface area contributed by atoms with Crippen LogP contribution in [0.1, 0.15) is 24.0 Å². The number of benzene rings is 1. The third-order valence-corrected chi connectivity index (χ3v) is 4.43. The molecule has 1 aliphatic heterocycles. The van der Waals surface area contributed by atoms with Crippen LogP contribution in [0.5, 0.6) is 0 Å². The molecule has 1 unspecified atom stereocenters. The first-order valence-electron chi connectivity index (χ1n) is 8.18. The van der Waals surface area contributed by atoms with E-state index in [9.17, 15) is 13.6 Å². The maximum absolute atomic E-state index is 12.9. The van der Waals surface area contributed by atoms with Crippen LogP contribution in [0.25, 0.3) is 0 Å². The first-order chi connectivity index (χ1) is 12.1. The van der Waals surface area contributed by atoms with Gasteiger partial charge in [-0.05, 0) is 5.56 Å². The van der Waals surface area contributed by atoms with E-state index in [2.05, 4.69) is 4.98 Å². The Balaban J connectivity index is 0.00000182. The summed E-state index contributed by atoms with van der Waals surface area (Å²) in [6.07, 6.45) is 2.65. The zero-order valence-electron chi connectivity index (χ0n) is 14.6. The predicted molar refractivity (Wildman–Crippen MR) is 103 cm³/mol. The number of aromatic nitrogens is 2. The van der Waals surface area contributed by atoms with Crippen LogP contribution >= 0.6 is 24.8 Å². The Bertz CT molecular complexity index is 708. The van der Waals surface area contributed by atoms with Gasteiger partial charge in [0.1, 0.15) is 11.9 Å². The molecule has 0 bridgehead atoms. The van der Waals surface area contributed by atoms with Crippen molar-refractivity contribution in [3.8, 4) is 0 Å². The van der Waals surface area contributed by atoms with E-state index in [0.29, 0.717) is 38.5 Å². The number of carbonyl (C=O) groups excluding carboxylic acids is 1. The van der Waals surface area contributed by atoms with Gasteiger partial charge in [-0.1, -0.05) is 30.3 Å². The number of alkyl halides is 2. The second-order valence-corrected chi connectivity index (χ2v) is 6.02. The summed E-state index contributed by atoms with van der Waals surface area (Å²) in [7, 11) is 0. The quantitative estimate of drug-likeness (QED) is 0.804. The van der Waals surface area contributed by atoms with Gasteiger partial charge >= 0.3 is 6.55 Å². The fourth-order valence-electron chi connectivity index (χ4n) is 2.97. The predicted octanol–water partition coefficient (Wildman–Crippen LogP) is 2.47. The van der Waals surface area contributed by atoms with Gasteiger partial charge in [0.2, 0.25) is 5.91 Å². The van der Waals surface area contributed by atoms with Crippen LogP contribution < -0.4 is 5.73 Å². The highest BCUT2D eigenvalue weighted by atomic mass is 35.5. The highest BCUT2D eigenvalue weighted by Crippen LogP contribution is 2.17. The molecule has 1 aromatic carbocycles. The lowest BCUT2D eigenvalue weighted by atomic mass is 10.1. The summed E-state index contributed by atoms with van der Waals surface area (Å²) in [4.78, 5) is 20.3. The number of hydrogen-bond donors (Lipinski definition) is 1. The van der Waals surface area contributed by atoms with Crippen molar-refractivity contribution in [1.82, 2.24) is 19.4 Å². The molecule has 3 rings (SSSR count). The lowest BCUT2D eigenvalue weighted by Crippen LogP contribution is -2.50. The van der Waals surface area contributed by atoms with E-state index in [0.717, 1.165) is 10.1 Å². The number of amides is 1. The van der Waals surface area contributed by atoms with Crippen LogP contribution in [0.2, 0.25) is 0 Å². The summed E-state index contributed by atoms with van der Waals surface area (Å²) in [5, 5.41) is 0. The van der Waals surface area contributed by atoms with E-state index >= 15 is 0 Å². The number of nitrogens with two attached hydrogens (primary N) is 1. The zero-order valence-corrected chi connectivity index (χ0v) is 16.2. The maximum atomic E-state index is 12.9. The maximum Gasteiger partial charge on any atom is 0.319 e. The second-order valence-electron chi connectivity index (χ2n) is 6.02. The standard InChI is InChI=1S/C17H21F2N5O.2ClH/c18-17(19)24-7-6-21-14(24)12-22-8-10-23(11-9-22)16(25)15(20)13-4-2-1-3-5-13;;/h1-7,15,17H,8-12,20H2;2*1H. The molecule has 2 N–H and O–H groups in total. The number of halogens is 4. The summed E-state index contributed by atoms with van der Waals surface area (Å²) in [6, 6.07) is 8.58. The van der Waals surface area contributed by atoms with Crippen LogP contribution in [-0.2, 0) is 11.3 Å². The number of piperazine rings is 1. The van der Waals surface area contributed by atoms with E-state index in [-0.39, 0.29) is 30.7 Å². The van der Waals surface area contributed by atoms with Crippen LogP contribution in [0, 0.1) is 0 Å². The number of imidazole rings is 1. The first-order valence-corrected chi connectivity index (χ1v) is 8.18. The Labute approximate surface area is 169 Å². The van der Waals surface area contributed by atoms with Gasteiger partial charge in [0.15, 0.2) is 0 Å². The second kappa shape index (κ2) is 10.6. The fraction of sp³-hybridized carbons (Fsp3) is 0.412. The van der Waals surface area contributed by atoms with Crippen molar-refractivity contribution in [3.63, 3.8) is 0 Å². The van der Waals surface area contributed by atoms with Gasteiger partial charge < -0.3 is 10.6 Å². The zero-order chi connectivity index (χ0) is 17.8. The molecule has 0 spiro atoms. The molecule has 1 saturated heterocycles. The molecule has 1 amide bonds. The van der Waals surface area contributed by atoms with Gasteiger partial charge in [-0.25, -0.2) is 4.98 Å². The molecule has 0 aliphatic carbocycles. The van der Waals surface area contributed by atoms with Gasteiger partial charge in [0.25, 0.3) is 0 Å². The average molecular weight is 422 g/mol. The van der Waals surface area contributed by atoms with E-state index in [1.54, 1.807) is 4.90 Å². The smallest absolute Gasteiger partial charge is 0.319 e. The van der Waals surface area contributed by atoms with Crippen LogP contribution in [0.3, 0.4) is 0 Å². The largest absolute Gasteiger partial charge is 0.338 e. The molecule has 6 nitrogen and oxygen atoms in total. The monoisotopic (exact) mass is 421 g/mol. The molecule has 1 aliphatic rings. The molecule has 1 aromatic heterocycles. The van der Waals surface area contributed by atoms with Crippen LogP contribution in [0.4, 0.5) is 8.78 Å². The van der Waals surface area contributed by atoms with E-state index < -0.39 is 12.6 Å². The SMILES string of the molecule is Cl.Cl.NC(C(=O)N1CCN(Cc2nccn2C(F)F)CC1)c1ccccc1. The number of nitrogens with zero attached hydrogens (tertiary/aromatic N) is 4. The highest BCUT2D eigenvalue weighted by molar-refractivity contribution is 5.85. The molecule has 0 saturated carbocycles. The Morgan fingerprint density at radius 3 is 2.33 bits per heavy atom. The van der Waals surface area contributed by atoms with Crippen molar-refractivity contribution < 1.29 is 13.6 Å². The molecular formula is C17H23Cl2F2N5O. The number of rotatable bonds is 5. The Morgan fingerprint density at radius 1 is 1.11 bits per heavy atom. The summed E-state index contributed by atoms with van der Waals surface area (Å²) in [5.74, 6) is 0.218. The van der Waals surface area contributed by atoms with Crippen LogP contribution in [0.15, 0.2) is 42.7 Å². The van der Waals surface area contributed by atoms with Gasteiger partial charge in [-0.3, -0.25) is 14.3 Å².